The minimum Gasteiger partial charge on any atom is -0.462 e. The van der Waals surface area contributed by atoms with E-state index in [1.54, 1.807) is 18.2 Å². The molecule has 0 spiro atoms. The molecule has 0 saturated carbocycles. The third-order valence-electron chi connectivity index (χ3n) is 7.49. The number of fused-ring (bicyclic) bond motifs is 3. The minimum atomic E-state index is -1.31. The van der Waals surface area contributed by atoms with Crippen LogP contribution in [0.15, 0.2) is 102 Å². The zero-order chi connectivity index (χ0) is 34.0. The number of rotatable bonds is 9. The van der Waals surface area contributed by atoms with Crippen LogP contribution in [0.1, 0.15) is 28.2 Å². The van der Waals surface area contributed by atoms with E-state index in [9.17, 15) is 24.0 Å². The van der Waals surface area contributed by atoms with Crippen molar-refractivity contribution in [2.75, 3.05) is 13.7 Å². The highest BCUT2D eigenvalue weighted by Gasteiger charge is 2.30. The highest BCUT2D eigenvalue weighted by molar-refractivity contribution is 9.10. The number of carbonyl (C=O) groups is 5. The van der Waals surface area contributed by atoms with E-state index in [2.05, 4.69) is 36.8 Å². The SMILES string of the molecule is COC(=O)C(=O)N[C@@H](Cc1ccc(OC(=O)OCc2ccccc2Br)cc1)C(=O)NNC(=O)OCC1c2ccccc2-c2ccccc21. The average molecular weight is 717 g/mol. The lowest BCUT2D eigenvalue weighted by Crippen LogP contribution is -2.54. The van der Waals surface area contributed by atoms with Crippen molar-refractivity contribution < 1.29 is 42.9 Å². The van der Waals surface area contributed by atoms with E-state index in [-0.39, 0.29) is 31.3 Å². The van der Waals surface area contributed by atoms with Gasteiger partial charge in [-0.3, -0.25) is 15.0 Å². The smallest absolute Gasteiger partial charge is 0.462 e. The normalized spacial score (nSPS) is 12.0. The van der Waals surface area contributed by atoms with Crippen LogP contribution in [0.2, 0.25) is 0 Å². The fraction of sp³-hybridized carbons (Fsp3) is 0.171. The second-order valence-corrected chi connectivity index (χ2v) is 11.4. The fourth-order valence-electron chi connectivity index (χ4n) is 5.16. The lowest BCUT2D eigenvalue weighted by atomic mass is 9.98. The number of halogens is 1. The maximum absolute atomic E-state index is 13.1. The number of hydrogen-bond donors (Lipinski definition) is 3. The molecule has 0 aliphatic heterocycles. The quantitative estimate of drug-likeness (QED) is 0.0718. The van der Waals surface area contributed by atoms with Gasteiger partial charge in [0.25, 0.3) is 5.91 Å². The predicted molar refractivity (Wildman–Crippen MR) is 175 cm³/mol. The van der Waals surface area contributed by atoms with Crippen molar-refractivity contribution in [2.24, 2.45) is 0 Å². The van der Waals surface area contributed by atoms with Crippen molar-refractivity contribution in [3.8, 4) is 16.9 Å². The summed E-state index contributed by atoms with van der Waals surface area (Å²) in [5.74, 6) is -3.22. The third-order valence-corrected chi connectivity index (χ3v) is 8.27. The number of ether oxygens (including phenoxy) is 4. The molecule has 1 aliphatic carbocycles. The van der Waals surface area contributed by atoms with Crippen LogP contribution in [0.5, 0.6) is 5.75 Å². The van der Waals surface area contributed by atoms with Crippen LogP contribution < -0.4 is 20.9 Å². The van der Waals surface area contributed by atoms with Crippen molar-refractivity contribution in [3.05, 3.63) is 124 Å². The van der Waals surface area contributed by atoms with Crippen LogP contribution in [0.25, 0.3) is 11.1 Å². The van der Waals surface area contributed by atoms with Crippen LogP contribution >= 0.6 is 15.9 Å². The molecular weight excluding hydrogens is 686 g/mol. The van der Waals surface area contributed by atoms with E-state index < -0.39 is 36.1 Å². The van der Waals surface area contributed by atoms with E-state index in [4.69, 9.17) is 14.2 Å². The van der Waals surface area contributed by atoms with Gasteiger partial charge in [0.05, 0.1) is 7.11 Å². The number of nitrogens with one attached hydrogen (secondary N) is 3. The van der Waals surface area contributed by atoms with Gasteiger partial charge in [-0.15, -0.1) is 0 Å². The molecule has 5 rings (SSSR count). The van der Waals surface area contributed by atoms with Gasteiger partial charge in [0.15, 0.2) is 0 Å². The van der Waals surface area contributed by atoms with Gasteiger partial charge in [-0.25, -0.2) is 19.8 Å². The van der Waals surface area contributed by atoms with Crippen molar-refractivity contribution >= 4 is 46.0 Å². The maximum Gasteiger partial charge on any atom is 0.514 e. The van der Waals surface area contributed by atoms with Crippen LogP contribution in [0.4, 0.5) is 9.59 Å². The molecule has 4 aromatic rings. The number of esters is 1. The summed E-state index contributed by atoms with van der Waals surface area (Å²) in [6.07, 6.45) is -1.94. The van der Waals surface area contributed by atoms with Gasteiger partial charge in [0, 0.05) is 22.4 Å². The van der Waals surface area contributed by atoms with Crippen molar-refractivity contribution in [1.82, 2.24) is 16.2 Å². The molecule has 246 valence electrons. The van der Waals surface area contributed by atoms with Gasteiger partial charge in [0.2, 0.25) is 0 Å². The Morgan fingerprint density at radius 3 is 2.04 bits per heavy atom. The molecule has 48 heavy (non-hydrogen) atoms. The Balaban J connectivity index is 1.16. The summed E-state index contributed by atoms with van der Waals surface area (Å²) in [7, 11) is 1.03. The topological polar surface area (TPSA) is 158 Å². The first-order chi connectivity index (χ1) is 23.2. The molecule has 0 radical (unpaired) electrons. The molecule has 12 nitrogen and oxygen atoms in total. The maximum atomic E-state index is 13.1. The van der Waals surface area contributed by atoms with Crippen LogP contribution in [-0.2, 0) is 41.6 Å². The van der Waals surface area contributed by atoms with Crippen molar-refractivity contribution in [1.29, 1.82) is 0 Å². The highest BCUT2D eigenvalue weighted by atomic mass is 79.9. The van der Waals surface area contributed by atoms with Gasteiger partial charge >= 0.3 is 24.1 Å². The minimum absolute atomic E-state index is 0.000895. The number of methoxy groups -OCH3 is 1. The van der Waals surface area contributed by atoms with Gasteiger partial charge in [-0.05, 0) is 46.0 Å². The second-order valence-electron chi connectivity index (χ2n) is 10.5. The Bertz CT molecular complexity index is 1780. The molecule has 3 amide bonds. The number of benzene rings is 4. The van der Waals surface area contributed by atoms with Gasteiger partial charge in [0.1, 0.15) is 25.0 Å². The first kappa shape index (κ1) is 33.7. The summed E-state index contributed by atoms with van der Waals surface area (Å²) in [5, 5.41) is 2.30. The highest BCUT2D eigenvalue weighted by Crippen LogP contribution is 2.44. The van der Waals surface area contributed by atoms with Crippen molar-refractivity contribution in [2.45, 2.75) is 25.0 Å². The first-order valence-corrected chi connectivity index (χ1v) is 15.5. The third kappa shape index (κ3) is 8.36. The number of hydrogen-bond acceptors (Lipinski definition) is 9. The van der Waals surface area contributed by atoms with E-state index >= 15 is 0 Å². The van der Waals surface area contributed by atoms with Crippen LogP contribution in [0.3, 0.4) is 0 Å². The molecule has 4 aromatic carbocycles. The molecule has 1 aliphatic rings. The molecule has 0 heterocycles. The van der Waals surface area contributed by atoms with E-state index in [0.29, 0.717) is 5.56 Å². The van der Waals surface area contributed by atoms with Gasteiger partial charge in [-0.2, -0.15) is 0 Å². The molecule has 3 N–H and O–H groups in total. The Kier molecular flexibility index (Phi) is 11.0. The fourth-order valence-corrected chi connectivity index (χ4v) is 5.56. The van der Waals surface area contributed by atoms with Crippen LogP contribution in [-0.4, -0.2) is 49.8 Å². The molecular formula is C35H30BrN3O9. The molecule has 0 aromatic heterocycles. The number of amides is 3. The summed E-state index contributed by atoms with van der Waals surface area (Å²) in [6.45, 7) is 0.0170. The summed E-state index contributed by atoms with van der Waals surface area (Å²) >= 11 is 3.38. The molecule has 1 atom stereocenters. The molecule has 0 bridgehead atoms. The van der Waals surface area contributed by atoms with Gasteiger partial charge < -0.3 is 24.3 Å². The van der Waals surface area contributed by atoms with Crippen molar-refractivity contribution in [3.63, 3.8) is 0 Å². The number of carbonyl (C=O) groups excluding carboxylic acids is 5. The van der Waals surface area contributed by atoms with Gasteiger partial charge in [-0.1, -0.05) is 94.8 Å². The molecule has 0 fully saturated rings. The summed E-state index contributed by atoms with van der Waals surface area (Å²) < 4.78 is 21.0. The van der Waals surface area contributed by atoms with E-state index in [0.717, 1.165) is 39.4 Å². The first-order valence-electron chi connectivity index (χ1n) is 14.7. The number of hydrazine groups is 1. The summed E-state index contributed by atoms with van der Waals surface area (Å²) in [4.78, 5) is 61.9. The van der Waals surface area contributed by atoms with Crippen LogP contribution in [0, 0.1) is 0 Å². The average Bonchev–Trinajstić information content (AvgIpc) is 3.42. The lowest BCUT2D eigenvalue weighted by Gasteiger charge is -2.19. The lowest BCUT2D eigenvalue weighted by molar-refractivity contribution is -0.153. The van der Waals surface area contributed by atoms with E-state index in [1.807, 2.05) is 66.7 Å². The standard InChI is InChI=1S/C35H30BrN3O9/c1-45-33(42)32(41)37-30(18-21-14-16-23(17-15-21)48-35(44)47-19-22-8-2-7-13-29(22)36)31(40)38-39-34(43)46-20-28-26-11-5-3-9-24(26)25-10-4-6-12-27(25)28/h2-17,28,30H,18-20H2,1H3,(H,37,41)(H,38,40)(H,39,43)/t30-/m0/s1. The molecule has 13 heteroatoms. The molecule has 0 unspecified atom stereocenters. The zero-order valence-corrected chi connectivity index (χ0v) is 27.2. The Labute approximate surface area is 283 Å². The summed E-state index contributed by atoms with van der Waals surface area (Å²) in [5.41, 5.74) is 9.88. The Morgan fingerprint density at radius 2 is 1.40 bits per heavy atom. The Hall–Kier alpha value is -5.69. The monoisotopic (exact) mass is 715 g/mol. The van der Waals surface area contributed by atoms with E-state index in [1.165, 1.54) is 12.1 Å². The Morgan fingerprint density at radius 1 is 0.771 bits per heavy atom. The predicted octanol–water partition coefficient (Wildman–Crippen LogP) is 4.93. The zero-order valence-electron chi connectivity index (χ0n) is 25.6. The molecule has 0 saturated heterocycles. The second kappa shape index (κ2) is 15.7. The summed E-state index contributed by atoms with van der Waals surface area (Å²) in [6, 6.07) is 27.7. The largest absolute Gasteiger partial charge is 0.514 e.